The molecule has 0 aliphatic heterocycles. The maximum Gasteiger partial charge on any atom is 0.449 e. The van der Waals surface area contributed by atoms with Crippen molar-refractivity contribution >= 4 is 0 Å². The molecule has 0 aromatic carbocycles. The van der Waals surface area contributed by atoms with E-state index in [4.69, 9.17) is 0 Å². The molecule has 2 nitrogen and oxygen atoms in total. The summed E-state index contributed by atoms with van der Waals surface area (Å²) in [5.74, 6) is 1.24. The number of hydrogen-bond donors (Lipinski definition) is 0. The predicted octanol–water partition coefficient (Wildman–Crippen LogP) is 4.39. The first-order valence-corrected chi connectivity index (χ1v) is 8.87. The minimum Gasteiger partial charge on any atom is -0.143 e. The molecule has 0 aliphatic rings. The number of pyridine rings is 2. The van der Waals surface area contributed by atoms with E-state index in [1.165, 1.54) is 57.2 Å². The van der Waals surface area contributed by atoms with E-state index in [1.54, 1.807) is 0 Å². The summed E-state index contributed by atoms with van der Waals surface area (Å²) in [7, 11) is 0. The Kier molecular flexibility index (Phi) is 7.65. The van der Waals surface area contributed by atoms with Crippen molar-refractivity contribution in [3.8, 4) is 5.82 Å². The Balaban J connectivity index is 1.77. The molecule has 0 aliphatic carbocycles. The minimum atomic E-state index is 1.10. The average molecular weight is 298 g/mol. The Morgan fingerprint density at radius 3 is 2.05 bits per heavy atom. The summed E-state index contributed by atoms with van der Waals surface area (Å²) in [5.41, 5.74) is 0. The highest BCUT2D eigenvalue weighted by atomic mass is 15.1. The van der Waals surface area contributed by atoms with E-state index in [0.29, 0.717) is 0 Å². The molecule has 22 heavy (non-hydrogen) atoms. The van der Waals surface area contributed by atoms with Crippen LogP contribution in [0.5, 0.6) is 0 Å². The molecule has 0 spiro atoms. The standard InChI is InChI=1S/C20H30N2/c1-2-3-4-5-6-7-8-11-16-22-19-14-10-15-20(22)21-17-12-9-13-18-21/h9-10,12-15,17-19H,2-8,11,16H2,1H3/q+2. The lowest BCUT2D eigenvalue weighted by Gasteiger charge is -2.01. The van der Waals surface area contributed by atoms with Gasteiger partial charge in [0.25, 0.3) is 0 Å². The average Bonchev–Trinajstić information content (AvgIpc) is 2.58. The molecule has 0 saturated carbocycles. The summed E-state index contributed by atoms with van der Waals surface area (Å²) in [6.45, 7) is 3.38. The highest BCUT2D eigenvalue weighted by Gasteiger charge is 2.17. The minimum absolute atomic E-state index is 1.10. The maximum atomic E-state index is 2.36. The van der Waals surface area contributed by atoms with Gasteiger partial charge >= 0.3 is 5.82 Å². The molecule has 0 N–H and O–H groups in total. The van der Waals surface area contributed by atoms with E-state index in [-0.39, 0.29) is 0 Å². The number of aryl methyl sites for hydroxylation is 1. The van der Waals surface area contributed by atoms with Crippen molar-refractivity contribution in [3.63, 3.8) is 0 Å². The summed E-state index contributed by atoms with van der Waals surface area (Å²) < 4.78 is 4.54. The lowest BCUT2D eigenvalue weighted by atomic mass is 10.1. The van der Waals surface area contributed by atoms with Gasteiger partial charge in [-0.1, -0.05) is 51.5 Å². The van der Waals surface area contributed by atoms with Crippen LogP contribution in [-0.4, -0.2) is 0 Å². The van der Waals surface area contributed by atoms with Crippen LogP contribution in [0.25, 0.3) is 5.82 Å². The van der Waals surface area contributed by atoms with Crippen molar-refractivity contribution in [3.05, 3.63) is 55.0 Å². The lowest BCUT2D eigenvalue weighted by molar-refractivity contribution is -0.792. The van der Waals surface area contributed by atoms with Gasteiger partial charge in [0.05, 0.1) is 6.07 Å². The lowest BCUT2D eigenvalue weighted by Crippen LogP contribution is -2.48. The third-order valence-corrected chi connectivity index (χ3v) is 4.15. The predicted molar refractivity (Wildman–Crippen MR) is 90.8 cm³/mol. The topological polar surface area (TPSA) is 7.76 Å². The fraction of sp³-hybridized carbons (Fsp3) is 0.500. The normalized spacial score (nSPS) is 10.8. The summed E-state index contributed by atoms with van der Waals surface area (Å²) in [6.07, 6.45) is 17.4. The van der Waals surface area contributed by atoms with Gasteiger partial charge in [-0.3, -0.25) is 0 Å². The Morgan fingerprint density at radius 2 is 1.32 bits per heavy atom. The van der Waals surface area contributed by atoms with Gasteiger partial charge < -0.3 is 0 Å². The van der Waals surface area contributed by atoms with Gasteiger partial charge in [-0.25, -0.2) is 0 Å². The molecule has 2 aromatic rings. The van der Waals surface area contributed by atoms with Crippen molar-refractivity contribution in [1.29, 1.82) is 0 Å². The molecule has 0 atom stereocenters. The quantitative estimate of drug-likeness (QED) is 0.454. The largest absolute Gasteiger partial charge is 0.449 e. The monoisotopic (exact) mass is 298 g/mol. The SMILES string of the molecule is CCCCCCCCCC[n+]1ccccc1-[n+]1ccccc1. The third kappa shape index (κ3) is 5.59. The molecule has 0 radical (unpaired) electrons. The summed E-state index contributed by atoms with van der Waals surface area (Å²) >= 11 is 0. The Hall–Kier alpha value is -1.70. The van der Waals surface area contributed by atoms with Crippen LogP contribution in [0.15, 0.2) is 55.0 Å². The van der Waals surface area contributed by atoms with Crippen LogP contribution in [0.2, 0.25) is 0 Å². The highest BCUT2D eigenvalue weighted by Crippen LogP contribution is 2.08. The van der Waals surface area contributed by atoms with Crippen LogP contribution in [0.1, 0.15) is 58.3 Å². The van der Waals surface area contributed by atoms with E-state index >= 15 is 0 Å². The van der Waals surface area contributed by atoms with Gasteiger partial charge in [0.2, 0.25) is 0 Å². The first-order chi connectivity index (χ1) is 10.9. The first kappa shape index (κ1) is 16.7. The van der Waals surface area contributed by atoms with Crippen LogP contribution in [-0.2, 0) is 6.54 Å². The zero-order chi connectivity index (χ0) is 15.5. The van der Waals surface area contributed by atoms with Crippen LogP contribution in [0.4, 0.5) is 0 Å². The molecular weight excluding hydrogens is 268 g/mol. The van der Waals surface area contributed by atoms with Crippen molar-refractivity contribution in [1.82, 2.24) is 0 Å². The van der Waals surface area contributed by atoms with Gasteiger partial charge in [-0.05, 0) is 12.5 Å². The molecule has 0 bridgehead atoms. The fourth-order valence-electron chi connectivity index (χ4n) is 2.86. The smallest absolute Gasteiger partial charge is 0.143 e. The van der Waals surface area contributed by atoms with Crippen LogP contribution < -0.4 is 9.13 Å². The van der Waals surface area contributed by atoms with E-state index in [9.17, 15) is 0 Å². The Morgan fingerprint density at radius 1 is 0.682 bits per heavy atom. The molecular formula is C20H30N2+2. The van der Waals surface area contributed by atoms with Crippen LogP contribution in [0, 0.1) is 0 Å². The molecule has 0 unspecified atom stereocenters. The number of aromatic nitrogens is 2. The molecule has 0 saturated heterocycles. The third-order valence-electron chi connectivity index (χ3n) is 4.15. The van der Waals surface area contributed by atoms with E-state index in [2.05, 4.69) is 71.0 Å². The van der Waals surface area contributed by atoms with Crippen LogP contribution in [0.3, 0.4) is 0 Å². The number of nitrogens with zero attached hydrogens (tertiary/aromatic N) is 2. The van der Waals surface area contributed by atoms with Gasteiger partial charge in [0.15, 0.2) is 25.1 Å². The van der Waals surface area contributed by atoms with Gasteiger partial charge in [-0.2, -0.15) is 0 Å². The van der Waals surface area contributed by atoms with Crippen molar-refractivity contribution in [2.75, 3.05) is 0 Å². The van der Waals surface area contributed by atoms with Crippen LogP contribution >= 0.6 is 0 Å². The van der Waals surface area contributed by atoms with Gasteiger partial charge in [0, 0.05) is 24.6 Å². The Labute approximate surface area is 135 Å². The van der Waals surface area contributed by atoms with Crippen molar-refractivity contribution in [2.45, 2.75) is 64.8 Å². The maximum absolute atomic E-state index is 2.36. The molecule has 2 rings (SSSR count). The number of hydrogen-bond acceptors (Lipinski definition) is 0. The molecule has 0 amide bonds. The van der Waals surface area contributed by atoms with E-state index < -0.39 is 0 Å². The highest BCUT2D eigenvalue weighted by molar-refractivity contribution is 5.03. The molecule has 2 aromatic heterocycles. The van der Waals surface area contributed by atoms with E-state index in [0.717, 1.165) is 6.54 Å². The number of unbranched alkanes of at least 4 members (excludes halogenated alkanes) is 7. The summed E-state index contributed by atoms with van der Waals surface area (Å²) in [5, 5.41) is 0. The summed E-state index contributed by atoms with van der Waals surface area (Å²) in [6, 6.07) is 12.6. The zero-order valence-electron chi connectivity index (χ0n) is 14.0. The molecule has 0 fully saturated rings. The second-order valence-electron chi connectivity index (χ2n) is 6.01. The Bertz CT molecular complexity index is 522. The summed E-state index contributed by atoms with van der Waals surface area (Å²) in [4.78, 5) is 0. The molecule has 2 heterocycles. The van der Waals surface area contributed by atoms with Gasteiger partial charge in [-0.15, -0.1) is 9.13 Å². The van der Waals surface area contributed by atoms with Crippen molar-refractivity contribution in [2.24, 2.45) is 0 Å². The second kappa shape index (κ2) is 10.1. The molecule has 118 valence electrons. The van der Waals surface area contributed by atoms with Gasteiger partial charge in [0.1, 0.15) is 0 Å². The van der Waals surface area contributed by atoms with Crippen molar-refractivity contribution < 1.29 is 9.13 Å². The van der Waals surface area contributed by atoms with E-state index in [1.807, 2.05) is 0 Å². The second-order valence-corrected chi connectivity index (χ2v) is 6.01. The first-order valence-electron chi connectivity index (χ1n) is 8.87. The number of rotatable bonds is 10. The molecule has 2 heteroatoms. The zero-order valence-corrected chi connectivity index (χ0v) is 14.0. The fourth-order valence-corrected chi connectivity index (χ4v) is 2.86.